The number of carbonyl (C=O) groups excluding carboxylic acids is 1. The van der Waals surface area contributed by atoms with Crippen LogP contribution in [0.25, 0.3) is 0 Å². The fourth-order valence-corrected chi connectivity index (χ4v) is 1.38. The Morgan fingerprint density at radius 1 is 1.47 bits per heavy atom. The van der Waals surface area contributed by atoms with Crippen LogP contribution >= 0.6 is 0 Å². The maximum atomic E-state index is 11.6. The summed E-state index contributed by atoms with van der Waals surface area (Å²) in [6, 6.07) is 6.33. The molecule has 0 unspecified atom stereocenters. The van der Waals surface area contributed by atoms with Crippen molar-refractivity contribution in [3.63, 3.8) is 0 Å². The predicted molar refractivity (Wildman–Crippen MR) is 60.3 cm³/mol. The topological polar surface area (TPSA) is 57.5 Å². The molecule has 15 heavy (non-hydrogen) atoms. The molecule has 0 amide bonds. The summed E-state index contributed by atoms with van der Waals surface area (Å²) in [5.41, 5.74) is 0.528. The number of hydrogen-bond acceptors (Lipinski definition) is 3. The van der Waals surface area contributed by atoms with Gasteiger partial charge in [-0.05, 0) is 18.5 Å². The molecule has 1 aromatic carbocycles. The Balaban J connectivity index is 2.47. The number of phenolic OH excluding ortho intramolecular Hbond substituents is 1. The minimum absolute atomic E-state index is 0.00606. The Morgan fingerprint density at radius 3 is 2.80 bits per heavy atom. The molecular formula is C11H15BO3. The lowest BCUT2D eigenvalue weighted by molar-refractivity contribution is 0.0981. The Labute approximate surface area is 89.9 Å². The van der Waals surface area contributed by atoms with Gasteiger partial charge < -0.3 is 10.1 Å². The van der Waals surface area contributed by atoms with Crippen LogP contribution in [0.4, 0.5) is 0 Å². The normalized spacial score (nSPS) is 10.0. The fraction of sp³-hybridized carbons (Fsp3) is 0.364. The van der Waals surface area contributed by atoms with Crippen LogP contribution in [0.5, 0.6) is 5.75 Å². The molecule has 0 heterocycles. The van der Waals surface area contributed by atoms with Gasteiger partial charge in [-0.25, -0.2) is 0 Å². The lowest BCUT2D eigenvalue weighted by Crippen LogP contribution is -2.06. The van der Waals surface area contributed by atoms with Gasteiger partial charge in [-0.1, -0.05) is 25.4 Å². The molecule has 0 atom stereocenters. The zero-order valence-corrected chi connectivity index (χ0v) is 8.81. The molecule has 0 bridgehead atoms. The molecule has 0 aliphatic rings. The summed E-state index contributed by atoms with van der Waals surface area (Å²) in [4.78, 5) is 11.6. The first-order valence-corrected chi connectivity index (χ1v) is 5.10. The molecule has 3 nitrogen and oxygen atoms in total. The van der Waals surface area contributed by atoms with E-state index in [1.807, 2.05) is 0 Å². The highest BCUT2D eigenvalue weighted by molar-refractivity contribution is 6.48. The summed E-state index contributed by atoms with van der Waals surface area (Å²) in [5, 5.41) is 18.2. The van der Waals surface area contributed by atoms with Gasteiger partial charge in [0.25, 0.3) is 6.92 Å². The third kappa shape index (κ3) is 4.17. The standard InChI is InChI=1S/C11H15BO3/c1-12(15)7-3-6-11(14)9-4-2-5-10(13)8-9/h2,4-5,8,13,15H,3,6-7H2,1H3. The first kappa shape index (κ1) is 11.8. The van der Waals surface area contributed by atoms with Gasteiger partial charge in [0.05, 0.1) is 0 Å². The highest BCUT2D eigenvalue weighted by Gasteiger charge is 2.08. The van der Waals surface area contributed by atoms with Gasteiger partial charge >= 0.3 is 0 Å². The fourth-order valence-electron chi connectivity index (χ4n) is 1.38. The minimum atomic E-state index is -0.359. The van der Waals surface area contributed by atoms with Crippen LogP contribution in [-0.2, 0) is 0 Å². The number of ketones is 1. The van der Waals surface area contributed by atoms with Crippen molar-refractivity contribution in [2.45, 2.75) is 26.0 Å². The molecule has 0 aromatic heterocycles. The summed E-state index contributed by atoms with van der Waals surface area (Å²) < 4.78 is 0. The summed E-state index contributed by atoms with van der Waals surface area (Å²) in [6.07, 6.45) is 1.71. The van der Waals surface area contributed by atoms with E-state index in [0.29, 0.717) is 24.7 Å². The first-order chi connectivity index (χ1) is 7.09. The highest BCUT2D eigenvalue weighted by Crippen LogP contribution is 2.14. The van der Waals surface area contributed by atoms with E-state index in [1.165, 1.54) is 12.1 Å². The molecule has 0 spiro atoms. The maximum Gasteiger partial charge on any atom is 0.285 e. The predicted octanol–water partition coefficient (Wildman–Crippen LogP) is 1.97. The van der Waals surface area contributed by atoms with Crippen molar-refractivity contribution >= 4 is 12.7 Å². The van der Waals surface area contributed by atoms with Crippen molar-refractivity contribution in [1.82, 2.24) is 0 Å². The van der Waals surface area contributed by atoms with Gasteiger partial charge in [-0.15, -0.1) is 0 Å². The molecule has 0 fully saturated rings. The van der Waals surface area contributed by atoms with E-state index < -0.39 is 0 Å². The number of aromatic hydroxyl groups is 1. The van der Waals surface area contributed by atoms with E-state index in [-0.39, 0.29) is 18.4 Å². The quantitative estimate of drug-likeness (QED) is 0.571. The van der Waals surface area contributed by atoms with Gasteiger partial charge in [0.1, 0.15) is 5.75 Å². The monoisotopic (exact) mass is 206 g/mol. The third-order valence-electron chi connectivity index (χ3n) is 2.19. The Hall–Kier alpha value is -1.29. The van der Waals surface area contributed by atoms with Gasteiger partial charge in [0.2, 0.25) is 0 Å². The molecule has 2 N–H and O–H groups in total. The molecule has 80 valence electrons. The molecule has 0 saturated heterocycles. The van der Waals surface area contributed by atoms with E-state index in [0.717, 1.165) is 0 Å². The molecule has 0 radical (unpaired) electrons. The van der Waals surface area contributed by atoms with Crippen molar-refractivity contribution < 1.29 is 14.9 Å². The number of rotatable bonds is 5. The van der Waals surface area contributed by atoms with Crippen molar-refractivity contribution in [3.8, 4) is 5.75 Å². The Morgan fingerprint density at radius 2 is 2.20 bits per heavy atom. The molecule has 1 rings (SSSR count). The zero-order valence-electron chi connectivity index (χ0n) is 8.81. The van der Waals surface area contributed by atoms with E-state index >= 15 is 0 Å². The van der Waals surface area contributed by atoms with Crippen LogP contribution in [-0.4, -0.2) is 22.8 Å². The van der Waals surface area contributed by atoms with Gasteiger partial charge in [-0.3, -0.25) is 4.79 Å². The number of phenols is 1. The molecule has 4 heteroatoms. The Bertz CT molecular complexity index is 336. The summed E-state index contributed by atoms with van der Waals surface area (Å²) in [7, 11) is 0. The van der Waals surface area contributed by atoms with E-state index in [4.69, 9.17) is 5.02 Å². The van der Waals surface area contributed by atoms with Crippen LogP contribution in [0.2, 0.25) is 13.1 Å². The van der Waals surface area contributed by atoms with E-state index in [1.54, 1.807) is 19.0 Å². The van der Waals surface area contributed by atoms with Gasteiger partial charge in [0.15, 0.2) is 5.78 Å². The lowest BCUT2D eigenvalue weighted by atomic mass is 9.67. The summed E-state index contributed by atoms with van der Waals surface area (Å²) >= 11 is 0. The largest absolute Gasteiger partial charge is 0.508 e. The number of carbonyl (C=O) groups is 1. The van der Waals surface area contributed by atoms with Gasteiger partial charge in [-0.2, -0.15) is 0 Å². The number of Topliss-reactive ketones (excluding diaryl/α,β-unsaturated/α-hetero) is 1. The van der Waals surface area contributed by atoms with Crippen LogP contribution in [0.1, 0.15) is 23.2 Å². The lowest BCUT2D eigenvalue weighted by Gasteiger charge is -2.02. The van der Waals surface area contributed by atoms with Gasteiger partial charge in [0, 0.05) is 12.0 Å². The van der Waals surface area contributed by atoms with Crippen LogP contribution in [0.15, 0.2) is 24.3 Å². The zero-order chi connectivity index (χ0) is 11.3. The third-order valence-corrected chi connectivity index (χ3v) is 2.19. The molecule has 0 aliphatic heterocycles. The average molecular weight is 206 g/mol. The number of hydrogen-bond donors (Lipinski definition) is 2. The molecule has 0 saturated carbocycles. The van der Waals surface area contributed by atoms with E-state index in [9.17, 15) is 9.90 Å². The van der Waals surface area contributed by atoms with Crippen molar-refractivity contribution in [2.75, 3.05) is 0 Å². The van der Waals surface area contributed by atoms with E-state index in [2.05, 4.69) is 0 Å². The minimum Gasteiger partial charge on any atom is -0.508 e. The molecular weight excluding hydrogens is 191 g/mol. The number of benzene rings is 1. The smallest absolute Gasteiger partial charge is 0.285 e. The van der Waals surface area contributed by atoms with Crippen molar-refractivity contribution in [3.05, 3.63) is 29.8 Å². The Kier molecular flexibility index (Phi) is 4.37. The summed E-state index contributed by atoms with van der Waals surface area (Å²) in [6.45, 7) is 1.35. The van der Waals surface area contributed by atoms with Crippen LogP contribution in [0.3, 0.4) is 0 Å². The second kappa shape index (κ2) is 5.56. The van der Waals surface area contributed by atoms with Crippen LogP contribution < -0.4 is 0 Å². The summed E-state index contributed by atoms with van der Waals surface area (Å²) in [5.74, 6) is 0.114. The van der Waals surface area contributed by atoms with Crippen LogP contribution in [0, 0.1) is 0 Å². The van der Waals surface area contributed by atoms with Crippen molar-refractivity contribution in [1.29, 1.82) is 0 Å². The maximum absolute atomic E-state index is 11.6. The molecule has 0 aliphatic carbocycles. The second-order valence-electron chi connectivity index (χ2n) is 3.71. The first-order valence-electron chi connectivity index (χ1n) is 5.10. The van der Waals surface area contributed by atoms with Crippen molar-refractivity contribution in [2.24, 2.45) is 0 Å². The second-order valence-corrected chi connectivity index (χ2v) is 3.71. The highest BCUT2D eigenvalue weighted by atomic mass is 16.3. The average Bonchev–Trinajstić information content (AvgIpc) is 2.17. The SMILES string of the molecule is CB(O)CCCC(=O)c1cccc(O)c1. The molecule has 1 aromatic rings.